The summed E-state index contributed by atoms with van der Waals surface area (Å²) in [7, 11) is 0. The largest absolute Gasteiger partial charge is 0.508 e. The monoisotopic (exact) mass is 308 g/mol. The van der Waals surface area contributed by atoms with Crippen molar-refractivity contribution in [3.05, 3.63) is 28.8 Å². The second kappa shape index (κ2) is 6.24. The maximum Gasteiger partial charge on any atom is 0.255 e. The lowest BCUT2D eigenvalue weighted by atomic mass is 10.0. The van der Waals surface area contributed by atoms with Crippen molar-refractivity contribution in [2.75, 3.05) is 19.6 Å². The lowest BCUT2D eigenvalue weighted by molar-refractivity contribution is 0.0704. The van der Waals surface area contributed by atoms with Gasteiger partial charge in [-0.2, -0.15) is 0 Å². The molecule has 0 unspecified atom stereocenters. The molecule has 0 bridgehead atoms. The van der Waals surface area contributed by atoms with Gasteiger partial charge < -0.3 is 15.3 Å². The number of amides is 1. The van der Waals surface area contributed by atoms with Gasteiger partial charge in [0.2, 0.25) is 0 Å². The summed E-state index contributed by atoms with van der Waals surface area (Å²) in [5.41, 5.74) is 0.390. The zero-order valence-corrected chi connectivity index (χ0v) is 12.8. The summed E-state index contributed by atoms with van der Waals surface area (Å²) in [6.07, 6.45) is 4.68. The second-order valence-corrected chi connectivity index (χ2v) is 6.49. The SMILES string of the molecule is O=C(c1cc(O)ccc1Cl)N1CCC(NCC2CC2)CC1. The number of nitrogens with one attached hydrogen (secondary N) is 1. The molecule has 4 nitrogen and oxygen atoms in total. The lowest BCUT2D eigenvalue weighted by Crippen LogP contribution is -2.45. The molecule has 1 aliphatic heterocycles. The topological polar surface area (TPSA) is 52.6 Å². The molecule has 1 saturated carbocycles. The molecule has 0 atom stereocenters. The van der Waals surface area contributed by atoms with E-state index in [-0.39, 0.29) is 11.7 Å². The van der Waals surface area contributed by atoms with Crippen LogP contribution >= 0.6 is 11.6 Å². The predicted molar refractivity (Wildman–Crippen MR) is 82.8 cm³/mol. The number of nitrogens with zero attached hydrogens (tertiary/aromatic N) is 1. The third-order valence-corrected chi connectivity index (χ3v) is 4.68. The number of carbonyl (C=O) groups excluding carboxylic acids is 1. The van der Waals surface area contributed by atoms with Crippen molar-refractivity contribution < 1.29 is 9.90 Å². The Bertz CT molecular complexity index is 523. The van der Waals surface area contributed by atoms with Gasteiger partial charge in [0.15, 0.2) is 0 Å². The molecule has 2 N–H and O–H groups in total. The zero-order chi connectivity index (χ0) is 14.8. The Hall–Kier alpha value is -1.26. The van der Waals surface area contributed by atoms with E-state index in [4.69, 9.17) is 11.6 Å². The molecule has 114 valence electrons. The fourth-order valence-corrected chi connectivity index (χ4v) is 2.99. The maximum atomic E-state index is 12.5. The first-order valence-corrected chi connectivity index (χ1v) is 8.02. The molecule has 1 aromatic rings. The van der Waals surface area contributed by atoms with Gasteiger partial charge in [-0.1, -0.05) is 11.6 Å². The summed E-state index contributed by atoms with van der Waals surface area (Å²) in [5, 5.41) is 13.5. The van der Waals surface area contributed by atoms with Crippen LogP contribution in [0.1, 0.15) is 36.0 Å². The van der Waals surface area contributed by atoms with Gasteiger partial charge >= 0.3 is 0 Å². The molecular weight excluding hydrogens is 288 g/mol. The van der Waals surface area contributed by atoms with Gasteiger partial charge in [0, 0.05) is 19.1 Å². The van der Waals surface area contributed by atoms with Crippen molar-refractivity contribution in [2.45, 2.75) is 31.7 Å². The molecular formula is C16H21ClN2O2. The number of likely N-dealkylation sites (tertiary alicyclic amines) is 1. The Balaban J connectivity index is 1.55. The zero-order valence-electron chi connectivity index (χ0n) is 12.0. The number of hydrogen-bond acceptors (Lipinski definition) is 3. The molecule has 0 spiro atoms. The predicted octanol–water partition coefficient (Wildman–Crippen LogP) is 2.65. The number of phenols is 1. The summed E-state index contributed by atoms with van der Waals surface area (Å²) >= 11 is 6.06. The molecule has 5 heteroatoms. The Morgan fingerprint density at radius 1 is 1.29 bits per heavy atom. The van der Waals surface area contributed by atoms with Gasteiger partial charge in [-0.25, -0.2) is 0 Å². The molecule has 1 heterocycles. The minimum Gasteiger partial charge on any atom is -0.508 e. The number of hydrogen-bond donors (Lipinski definition) is 2. The van der Waals surface area contributed by atoms with Gasteiger partial charge in [0.25, 0.3) is 5.91 Å². The highest BCUT2D eigenvalue weighted by Gasteiger charge is 2.27. The van der Waals surface area contributed by atoms with E-state index in [1.54, 1.807) is 6.07 Å². The first-order chi connectivity index (χ1) is 10.1. The van der Waals surface area contributed by atoms with Gasteiger partial charge in [0.1, 0.15) is 5.75 Å². The van der Waals surface area contributed by atoms with Crippen LogP contribution in [0.4, 0.5) is 0 Å². The third-order valence-electron chi connectivity index (χ3n) is 4.35. The van der Waals surface area contributed by atoms with Crippen LogP contribution in [0.25, 0.3) is 0 Å². The number of carbonyl (C=O) groups is 1. The molecule has 0 aromatic heterocycles. The van der Waals surface area contributed by atoms with Crippen molar-refractivity contribution in [2.24, 2.45) is 5.92 Å². The smallest absolute Gasteiger partial charge is 0.255 e. The van der Waals surface area contributed by atoms with E-state index in [0.29, 0.717) is 16.6 Å². The Kier molecular flexibility index (Phi) is 4.36. The van der Waals surface area contributed by atoms with Crippen molar-refractivity contribution >= 4 is 17.5 Å². The normalized spacial score (nSPS) is 19.8. The average Bonchev–Trinajstić information content (AvgIpc) is 3.32. The van der Waals surface area contributed by atoms with E-state index in [2.05, 4.69) is 5.32 Å². The highest BCUT2D eigenvalue weighted by atomic mass is 35.5. The molecule has 1 aliphatic carbocycles. The van der Waals surface area contributed by atoms with E-state index in [9.17, 15) is 9.90 Å². The van der Waals surface area contributed by atoms with E-state index in [1.165, 1.54) is 25.0 Å². The number of benzene rings is 1. The van der Waals surface area contributed by atoms with Crippen LogP contribution in [0.2, 0.25) is 5.02 Å². The van der Waals surface area contributed by atoms with Crippen molar-refractivity contribution in [3.8, 4) is 5.75 Å². The van der Waals surface area contributed by atoms with Crippen LogP contribution in [0, 0.1) is 5.92 Å². The second-order valence-electron chi connectivity index (χ2n) is 6.08. The van der Waals surface area contributed by atoms with E-state index in [0.717, 1.165) is 38.4 Å². The molecule has 1 saturated heterocycles. The standard InChI is InChI=1S/C16H21ClN2O2/c17-15-4-3-13(20)9-14(15)16(21)19-7-5-12(6-8-19)18-10-11-1-2-11/h3-4,9,11-12,18,20H,1-2,5-8,10H2. The van der Waals surface area contributed by atoms with Gasteiger partial charge in [-0.05, 0) is 56.3 Å². The fraction of sp³-hybridized carbons (Fsp3) is 0.562. The van der Waals surface area contributed by atoms with E-state index in [1.807, 2.05) is 4.90 Å². The van der Waals surface area contributed by atoms with E-state index >= 15 is 0 Å². The number of piperidine rings is 1. The minimum absolute atomic E-state index is 0.0729. The molecule has 1 amide bonds. The average molecular weight is 309 g/mol. The molecule has 2 fully saturated rings. The number of rotatable bonds is 4. The van der Waals surface area contributed by atoms with Crippen LogP contribution in [-0.4, -0.2) is 41.6 Å². The summed E-state index contributed by atoms with van der Waals surface area (Å²) in [4.78, 5) is 14.3. The molecule has 2 aliphatic rings. The van der Waals surface area contributed by atoms with Crippen LogP contribution < -0.4 is 5.32 Å². The Morgan fingerprint density at radius 3 is 2.67 bits per heavy atom. The Morgan fingerprint density at radius 2 is 2.00 bits per heavy atom. The minimum atomic E-state index is -0.0865. The summed E-state index contributed by atoms with van der Waals surface area (Å²) in [6, 6.07) is 5.03. The highest BCUT2D eigenvalue weighted by molar-refractivity contribution is 6.33. The summed E-state index contributed by atoms with van der Waals surface area (Å²) in [6.45, 7) is 2.61. The highest BCUT2D eigenvalue weighted by Crippen LogP contribution is 2.28. The van der Waals surface area contributed by atoms with Gasteiger partial charge in [-0.3, -0.25) is 4.79 Å². The van der Waals surface area contributed by atoms with E-state index < -0.39 is 0 Å². The quantitative estimate of drug-likeness (QED) is 0.899. The fourth-order valence-electron chi connectivity index (χ4n) is 2.79. The number of aromatic hydroxyl groups is 1. The number of phenolic OH excluding ortho intramolecular Hbond substituents is 1. The first-order valence-electron chi connectivity index (χ1n) is 7.64. The number of halogens is 1. The summed E-state index contributed by atoms with van der Waals surface area (Å²) < 4.78 is 0. The van der Waals surface area contributed by atoms with Crippen molar-refractivity contribution in [1.29, 1.82) is 0 Å². The van der Waals surface area contributed by atoms with Gasteiger partial charge in [0.05, 0.1) is 10.6 Å². The lowest BCUT2D eigenvalue weighted by Gasteiger charge is -2.32. The molecule has 1 aromatic carbocycles. The van der Waals surface area contributed by atoms with Gasteiger partial charge in [-0.15, -0.1) is 0 Å². The maximum absolute atomic E-state index is 12.5. The Labute approximate surface area is 130 Å². The van der Waals surface area contributed by atoms with Crippen LogP contribution in [-0.2, 0) is 0 Å². The van der Waals surface area contributed by atoms with Crippen LogP contribution in [0.5, 0.6) is 5.75 Å². The van der Waals surface area contributed by atoms with Crippen molar-refractivity contribution in [1.82, 2.24) is 10.2 Å². The van der Waals surface area contributed by atoms with Crippen molar-refractivity contribution in [3.63, 3.8) is 0 Å². The molecule has 21 heavy (non-hydrogen) atoms. The van der Waals surface area contributed by atoms with Crippen LogP contribution in [0.15, 0.2) is 18.2 Å². The molecule has 3 rings (SSSR count). The summed E-state index contributed by atoms with van der Waals surface area (Å²) in [5.74, 6) is 0.871. The molecule has 0 radical (unpaired) electrons. The first kappa shape index (κ1) is 14.7. The van der Waals surface area contributed by atoms with Crippen LogP contribution in [0.3, 0.4) is 0 Å². The third kappa shape index (κ3) is 3.69.